The molecule has 1 aliphatic rings. The van der Waals surface area contributed by atoms with E-state index in [0.717, 1.165) is 24.8 Å². The van der Waals surface area contributed by atoms with E-state index in [1.165, 1.54) is 0 Å². The molecule has 2 rings (SSSR count). The number of aromatic hydroxyl groups is 1. The Labute approximate surface area is 89.9 Å². The summed E-state index contributed by atoms with van der Waals surface area (Å²) in [6, 6.07) is 5.52. The maximum atomic E-state index is 9.90. The van der Waals surface area contributed by atoms with E-state index >= 15 is 0 Å². The summed E-state index contributed by atoms with van der Waals surface area (Å²) in [6.45, 7) is 0.672. The van der Waals surface area contributed by atoms with E-state index < -0.39 is 0 Å². The lowest BCUT2D eigenvalue weighted by Gasteiger charge is -2.16. The van der Waals surface area contributed by atoms with Gasteiger partial charge in [0, 0.05) is 17.0 Å². The highest BCUT2D eigenvalue weighted by Gasteiger charge is 2.44. The summed E-state index contributed by atoms with van der Waals surface area (Å²) >= 11 is 0. The number of benzene rings is 1. The van der Waals surface area contributed by atoms with Crippen molar-refractivity contribution >= 4 is 0 Å². The highest BCUT2D eigenvalue weighted by atomic mass is 16.5. The average Bonchev–Trinajstić information content (AvgIpc) is 2.99. The van der Waals surface area contributed by atoms with Crippen LogP contribution in [0.25, 0.3) is 0 Å². The maximum absolute atomic E-state index is 9.90. The lowest BCUT2D eigenvalue weighted by molar-refractivity contribution is 0.404. The zero-order chi connectivity index (χ0) is 10.9. The van der Waals surface area contributed by atoms with Gasteiger partial charge in [-0.1, -0.05) is 6.07 Å². The minimum Gasteiger partial charge on any atom is -0.508 e. The van der Waals surface area contributed by atoms with E-state index in [4.69, 9.17) is 10.5 Å². The molecule has 0 amide bonds. The number of phenols is 1. The number of nitrogens with two attached hydrogens (primary N) is 1. The zero-order valence-electron chi connectivity index (χ0n) is 8.99. The van der Waals surface area contributed by atoms with Crippen LogP contribution in [0.4, 0.5) is 0 Å². The Bertz CT molecular complexity index is 359. The van der Waals surface area contributed by atoms with Gasteiger partial charge in [-0.2, -0.15) is 0 Å². The maximum Gasteiger partial charge on any atom is 0.123 e. The highest BCUT2D eigenvalue weighted by molar-refractivity contribution is 5.46. The van der Waals surface area contributed by atoms with Gasteiger partial charge in [-0.05, 0) is 31.9 Å². The number of rotatable bonds is 4. The molecule has 0 unspecified atom stereocenters. The number of hydrogen-bond acceptors (Lipinski definition) is 3. The van der Waals surface area contributed by atoms with E-state index in [2.05, 4.69) is 0 Å². The predicted molar refractivity (Wildman–Crippen MR) is 59.2 cm³/mol. The number of hydrogen-bond donors (Lipinski definition) is 2. The number of phenolic OH excluding ortho intramolecular Hbond substituents is 1. The van der Waals surface area contributed by atoms with Crippen molar-refractivity contribution in [3.63, 3.8) is 0 Å². The first-order valence-electron chi connectivity index (χ1n) is 5.29. The lowest BCUT2D eigenvalue weighted by atomic mass is 9.91. The molecule has 0 aliphatic heterocycles. The summed E-state index contributed by atoms with van der Waals surface area (Å²) in [5.41, 5.74) is 6.76. The van der Waals surface area contributed by atoms with Crippen molar-refractivity contribution < 1.29 is 9.84 Å². The Kier molecular flexibility index (Phi) is 2.57. The standard InChI is InChI=1S/C12H17NO2/c1-15-9-2-3-10(11(14)8-9)12(4-5-12)6-7-13/h2-3,8,14H,4-7,13H2,1H3. The molecule has 1 fully saturated rings. The number of methoxy groups -OCH3 is 1. The van der Waals surface area contributed by atoms with Gasteiger partial charge in [-0.3, -0.25) is 0 Å². The van der Waals surface area contributed by atoms with Crippen LogP contribution in [0.2, 0.25) is 0 Å². The summed E-state index contributed by atoms with van der Waals surface area (Å²) in [5, 5.41) is 9.90. The average molecular weight is 207 g/mol. The molecule has 0 heterocycles. The van der Waals surface area contributed by atoms with Gasteiger partial charge in [-0.15, -0.1) is 0 Å². The van der Waals surface area contributed by atoms with E-state index in [1.807, 2.05) is 12.1 Å². The molecule has 0 spiro atoms. The van der Waals surface area contributed by atoms with Crippen LogP contribution in [0.15, 0.2) is 18.2 Å². The monoisotopic (exact) mass is 207 g/mol. The molecule has 1 aromatic rings. The SMILES string of the molecule is COc1ccc(C2(CCN)CC2)c(O)c1. The second kappa shape index (κ2) is 3.74. The van der Waals surface area contributed by atoms with Crippen molar-refractivity contribution in [1.82, 2.24) is 0 Å². The quantitative estimate of drug-likeness (QED) is 0.791. The van der Waals surface area contributed by atoms with Gasteiger partial charge in [0.05, 0.1) is 7.11 Å². The largest absolute Gasteiger partial charge is 0.508 e. The van der Waals surface area contributed by atoms with Gasteiger partial charge in [0.2, 0.25) is 0 Å². The molecule has 0 radical (unpaired) electrons. The topological polar surface area (TPSA) is 55.5 Å². The van der Waals surface area contributed by atoms with Crippen molar-refractivity contribution in [2.24, 2.45) is 5.73 Å². The van der Waals surface area contributed by atoms with Crippen LogP contribution in [-0.4, -0.2) is 18.8 Å². The van der Waals surface area contributed by atoms with Gasteiger partial charge >= 0.3 is 0 Å². The third-order valence-corrected chi connectivity index (χ3v) is 3.25. The fourth-order valence-corrected chi connectivity index (χ4v) is 2.17. The molecule has 0 aromatic heterocycles. The van der Waals surface area contributed by atoms with Crippen molar-refractivity contribution in [3.8, 4) is 11.5 Å². The summed E-state index contributed by atoms with van der Waals surface area (Å²) in [7, 11) is 1.60. The first-order valence-corrected chi connectivity index (χ1v) is 5.29. The smallest absolute Gasteiger partial charge is 0.123 e. The molecule has 3 nitrogen and oxygen atoms in total. The first kappa shape index (κ1) is 10.3. The molecule has 1 saturated carbocycles. The van der Waals surface area contributed by atoms with Crippen molar-refractivity contribution in [3.05, 3.63) is 23.8 Å². The Morgan fingerprint density at radius 1 is 1.47 bits per heavy atom. The van der Waals surface area contributed by atoms with Gasteiger partial charge in [0.25, 0.3) is 0 Å². The molecular weight excluding hydrogens is 190 g/mol. The Morgan fingerprint density at radius 2 is 2.20 bits per heavy atom. The summed E-state index contributed by atoms with van der Waals surface area (Å²) < 4.78 is 5.06. The Morgan fingerprint density at radius 3 is 2.67 bits per heavy atom. The Hall–Kier alpha value is -1.22. The summed E-state index contributed by atoms with van der Waals surface area (Å²) in [6.07, 6.45) is 3.21. The second-order valence-corrected chi connectivity index (χ2v) is 4.20. The minimum atomic E-state index is 0.144. The van der Waals surface area contributed by atoms with Crippen LogP contribution >= 0.6 is 0 Å². The van der Waals surface area contributed by atoms with Crippen LogP contribution < -0.4 is 10.5 Å². The lowest BCUT2D eigenvalue weighted by Crippen LogP contribution is -2.13. The summed E-state index contributed by atoms with van der Waals surface area (Å²) in [5.74, 6) is 1.03. The normalized spacial score (nSPS) is 17.5. The van der Waals surface area contributed by atoms with Crippen LogP contribution in [0.5, 0.6) is 11.5 Å². The van der Waals surface area contributed by atoms with Gasteiger partial charge in [0.15, 0.2) is 0 Å². The summed E-state index contributed by atoms with van der Waals surface area (Å²) in [4.78, 5) is 0. The van der Waals surface area contributed by atoms with Crippen molar-refractivity contribution in [2.75, 3.05) is 13.7 Å². The van der Waals surface area contributed by atoms with E-state index in [9.17, 15) is 5.11 Å². The van der Waals surface area contributed by atoms with Crippen LogP contribution in [0.3, 0.4) is 0 Å². The molecular formula is C12H17NO2. The van der Waals surface area contributed by atoms with Gasteiger partial charge in [-0.25, -0.2) is 0 Å². The van der Waals surface area contributed by atoms with Crippen LogP contribution in [-0.2, 0) is 5.41 Å². The molecule has 3 N–H and O–H groups in total. The van der Waals surface area contributed by atoms with Crippen molar-refractivity contribution in [1.29, 1.82) is 0 Å². The van der Waals surface area contributed by atoms with Crippen molar-refractivity contribution in [2.45, 2.75) is 24.7 Å². The third-order valence-electron chi connectivity index (χ3n) is 3.25. The van der Waals surface area contributed by atoms with E-state index in [0.29, 0.717) is 18.0 Å². The van der Waals surface area contributed by atoms with Gasteiger partial charge < -0.3 is 15.6 Å². The number of ether oxygens (including phenoxy) is 1. The van der Waals surface area contributed by atoms with Gasteiger partial charge in [0.1, 0.15) is 11.5 Å². The fourth-order valence-electron chi connectivity index (χ4n) is 2.17. The zero-order valence-corrected chi connectivity index (χ0v) is 8.99. The molecule has 0 saturated heterocycles. The molecule has 1 aliphatic carbocycles. The van der Waals surface area contributed by atoms with E-state index in [-0.39, 0.29) is 5.41 Å². The molecule has 1 aromatic carbocycles. The highest BCUT2D eigenvalue weighted by Crippen LogP contribution is 2.53. The molecule has 0 atom stereocenters. The van der Waals surface area contributed by atoms with Crippen LogP contribution in [0.1, 0.15) is 24.8 Å². The van der Waals surface area contributed by atoms with E-state index in [1.54, 1.807) is 13.2 Å². The predicted octanol–water partition coefficient (Wildman–Crippen LogP) is 1.78. The molecule has 3 heteroatoms. The fraction of sp³-hybridized carbons (Fsp3) is 0.500. The van der Waals surface area contributed by atoms with Crippen LogP contribution in [0, 0.1) is 0 Å². The first-order chi connectivity index (χ1) is 7.22. The molecule has 0 bridgehead atoms. The second-order valence-electron chi connectivity index (χ2n) is 4.20. The molecule has 82 valence electrons. The Balaban J connectivity index is 2.29. The third kappa shape index (κ3) is 1.79. The molecule has 15 heavy (non-hydrogen) atoms. The minimum absolute atomic E-state index is 0.144.